The van der Waals surface area contributed by atoms with Gasteiger partial charge in [-0.1, -0.05) is 6.07 Å². The van der Waals surface area contributed by atoms with Crippen molar-refractivity contribution in [1.29, 1.82) is 0 Å². The van der Waals surface area contributed by atoms with E-state index in [1.165, 1.54) is 0 Å². The monoisotopic (exact) mass is 307 g/mol. The summed E-state index contributed by atoms with van der Waals surface area (Å²) in [6.07, 6.45) is 0.732. The number of carbonyl (C=O) groups excluding carboxylic acids is 1. The first kappa shape index (κ1) is 16.6. The number of amides is 1. The third-order valence-electron chi connectivity index (χ3n) is 3.68. The first-order valence-electron chi connectivity index (χ1n) is 7.70. The topological polar surface area (TPSA) is 76.8 Å². The Hall–Kier alpha value is -1.79. The van der Waals surface area contributed by atoms with Gasteiger partial charge >= 0.3 is 0 Å². The Morgan fingerprint density at radius 1 is 1.50 bits per heavy atom. The van der Waals surface area contributed by atoms with Crippen molar-refractivity contribution in [2.45, 2.75) is 19.4 Å². The lowest BCUT2D eigenvalue weighted by atomic mass is 10.1. The lowest BCUT2D eigenvalue weighted by molar-refractivity contribution is 0.0704. The molecule has 1 aliphatic rings. The lowest BCUT2D eigenvalue weighted by Crippen LogP contribution is -2.51. The average Bonchev–Trinajstić information content (AvgIpc) is 2.54. The second-order valence-electron chi connectivity index (χ2n) is 5.43. The molecule has 1 aromatic rings. The van der Waals surface area contributed by atoms with E-state index in [4.69, 9.17) is 15.2 Å². The molecule has 1 fully saturated rings. The zero-order valence-corrected chi connectivity index (χ0v) is 13.3. The number of benzene rings is 1. The Morgan fingerprint density at radius 2 is 2.32 bits per heavy atom. The van der Waals surface area contributed by atoms with Crippen molar-refractivity contribution in [1.82, 2.24) is 10.2 Å². The summed E-state index contributed by atoms with van der Waals surface area (Å²) in [5, 5.41) is 3.33. The molecule has 0 radical (unpaired) electrons. The van der Waals surface area contributed by atoms with E-state index in [-0.39, 0.29) is 5.91 Å². The third-order valence-corrected chi connectivity index (χ3v) is 3.68. The predicted molar refractivity (Wildman–Crippen MR) is 85.5 cm³/mol. The van der Waals surface area contributed by atoms with Gasteiger partial charge in [0.05, 0.1) is 19.3 Å². The molecule has 1 aromatic carbocycles. The number of piperazine rings is 1. The van der Waals surface area contributed by atoms with Gasteiger partial charge in [-0.2, -0.15) is 0 Å². The fourth-order valence-electron chi connectivity index (χ4n) is 2.54. The maximum absolute atomic E-state index is 12.8. The molecule has 0 bridgehead atoms. The van der Waals surface area contributed by atoms with E-state index in [1.54, 1.807) is 19.2 Å². The molecular formula is C16H25N3O3. The highest BCUT2D eigenvalue weighted by Crippen LogP contribution is 2.32. The van der Waals surface area contributed by atoms with Gasteiger partial charge in [-0.05, 0) is 32.0 Å². The first-order valence-corrected chi connectivity index (χ1v) is 7.70. The summed E-state index contributed by atoms with van der Waals surface area (Å²) < 4.78 is 11.1. The van der Waals surface area contributed by atoms with Crippen LogP contribution in [0.4, 0.5) is 0 Å². The Bertz CT molecular complexity index is 507. The maximum Gasteiger partial charge on any atom is 0.257 e. The third kappa shape index (κ3) is 3.90. The van der Waals surface area contributed by atoms with E-state index in [0.717, 1.165) is 13.0 Å². The van der Waals surface area contributed by atoms with Gasteiger partial charge in [0.15, 0.2) is 11.5 Å². The highest BCUT2D eigenvalue weighted by atomic mass is 16.5. The molecule has 3 N–H and O–H groups in total. The molecule has 6 nitrogen and oxygen atoms in total. The number of para-hydroxylation sites is 1. The summed E-state index contributed by atoms with van der Waals surface area (Å²) in [6, 6.07) is 5.70. The fourth-order valence-corrected chi connectivity index (χ4v) is 2.54. The second-order valence-corrected chi connectivity index (χ2v) is 5.43. The van der Waals surface area contributed by atoms with Gasteiger partial charge in [0.1, 0.15) is 0 Å². The minimum atomic E-state index is -0.0185. The molecule has 0 aliphatic carbocycles. The van der Waals surface area contributed by atoms with Gasteiger partial charge in [0.25, 0.3) is 5.91 Å². The van der Waals surface area contributed by atoms with Crippen LogP contribution in [0.1, 0.15) is 23.7 Å². The number of hydrogen-bond acceptors (Lipinski definition) is 5. The summed E-state index contributed by atoms with van der Waals surface area (Å²) in [6.45, 7) is 5.29. The summed E-state index contributed by atoms with van der Waals surface area (Å²) in [5.74, 6) is 1.07. The predicted octanol–water partition coefficient (Wildman–Crippen LogP) is 0.857. The molecule has 0 aromatic heterocycles. The molecule has 2 rings (SSSR count). The van der Waals surface area contributed by atoms with Crippen molar-refractivity contribution < 1.29 is 14.3 Å². The summed E-state index contributed by atoms with van der Waals surface area (Å²) in [5.41, 5.74) is 6.05. The van der Waals surface area contributed by atoms with Gasteiger partial charge < -0.3 is 25.4 Å². The van der Waals surface area contributed by atoms with Crippen molar-refractivity contribution in [2.75, 3.05) is 39.9 Å². The van der Waals surface area contributed by atoms with Crippen LogP contribution in [0.15, 0.2) is 18.2 Å². The van der Waals surface area contributed by atoms with Gasteiger partial charge in [0, 0.05) is 25.7 Å². The van der Waals surface area contributed by atoms with Crippen molar-refractivity contribution in [3.8, 4) is 11.5 Å². The minimum Gasteiger partial charge on any atom is -0.493 e. The lowest BCUT2D eigenvalue weighted by Gasteiger charge is -2.32. The maximum atomic E-state index is 12.8. The van der Waals surface area contributed by atoms with E-state index in [2.05, 4.69) is 12.2 Å². The molecular weight excluding hydrogens is 282 g/mol. The number of carbonyl (C=O) groups is 1. The Morgan fingerprint density at radius 3 is 3.00 bits per heavy atom. The van der Waals surface area contributed by atoms with Crippen LogP contribution < -0.4 is 20.5 Å². The molecule has 122 valence electrons. The van der Waals surface area contributed by atoms with Crippen LogP contribution in [0.3, 0.4) is 0 Å². The van der Waals surface area contributed by atoms with E-state index in [9.17, 15) is 4.79 Å². The normalized spacial score (nSPS) is 18.1. The number of nitrogens with one attached hydrogen (secondary N) is 1. The fraction of sp³-hybridized carbons (Fsp3) is 0.562. The van der Waals surface area contributed by atoms with Crippen molar-refractivity contribution in [3.63, 3.8) is 0 Å². The standard InChI is InChI=1S/C16H25N3O3/c1-12-11-19(9-8-18-12)16(20)13-5-3-6-14(21-2)15(13)22-10-4-7-17/h3,5-6,12,18H,4,7-11,17H2,1-2H3/t12-/m1/s1. The van der Waals surface area contributed by atoms with Crippen LogP contribution in [-0.2, 0) is 0 Å². The largest absolute Gasteiger partial charge is 0.493 e. The Balaban J connectivity index is 2.22. The molecule has 6 heteroatoms. The van der Waals surface area contributed by atoms with Gasteiger partial charge in [-0.15, -0.1) is 0 Å². The number of hydrogen-bond donors (Lipinski definition) is 2. The summed E-state index contributed by atoms with van der Waals surface area (Å²) in [4.78, 5) is 14.7. The average molecular weight is 307 g/mol. The molecule has 1 saturated heterocycles. The molecule has 1 atom stereocenters. The quantitative estimate of drug-likeness (QED) is 0.762. The van der Waals surface area contributed by atoms with E-state index in [0.29, 0.717) is 49.3 Å². The number of nitrogens with two attached hydrogens (primary N) is 1. The molecule has 0 saturated carbocycles. The van der Waals surface area contributed by atoms with Crippen LogP contribution in [0, 0.1) is 0 Å². The number of ether oxygens (including phenoxy) is 2. The first-order chi connectivity index (χ1) is 10.7. The zero-order chi connectivity index (χ0) is 15.9. The van der Waals surface area contributed by atoms with Gasteiger partial charge in [-0.25, -0.2) is 0 Å². The van der Waals surface area contributed by atoms with Crippen LogP contribution in [0.2, 0.25) is 0 Å². The summed E-state index contributed by atoms with van der Waals surface area (Å²) in [7, 11) is 1.58. The Kier molecular flexibility index (Phi) is 6.03. The van der Waals surface area contributed by atoms with E-state index in [1.807, 2.05) is 11.0 Å². The molecule has 1 amide bonds. The number of rotatable bonds is 6. The minimum absolute atomic E-state index is 0.0185. The van der Waals surface area contributed by atoms with Crippen LogP contribution in [0.25, 0.3) is 0 Å². The van der Waals surface area contributed by atoms with Crippen molar-refractivity contribution >= 4 is 5.91 Å². The molecule has 1 heterocycles. The van der Waals surface area contributed by atoms with Crippen LogP contribution >= 0.6 is 0 Å². The highest BCUT2D eigenvalue weighted by molar-refractivity contribution is 5.98. The molecule has 1 aliphatic heterocycles. The van der Waals surface area contributed by atoms with E-state index < -0.39 is 0 Å². The van der Waals surface area contributed by atoms with E-state index >= 15 is 0 Å². The smallest absolute Gasteiger partial charge is 0.257 e. The Labute approximate surface area is 131 Å². The van der Waals surface area contributed by atoms with Crippen molar-refractivity contribution in [3.05, 3.63) is 23.8 Å². The van der Waals surface area contributed by atoms with Crippen LogP contribution in [-0.4, -0.2) is 56.7 Å². The van der Waals surface area contributed by atoms with Crippen LogP contribution in [0.5, 0.6) is 11.5 Å². The molecule has 22 heavy (non-hydrogen) atoms. The number of methoxy groups -OCH3 is 1. The molecule has 0 spiro atoms. The van der Waals surface area contributed by atoms with Gasteiger partial charge in [-0.3, -0.25) is 4.79 Å². The van der Waals surface area contributed by atoms with Gasteiger partial charge in [0.2, 0.25) is 0 Å². The zero-order valence-electron chi connectivity index (χ0n) is 13.3. The SMILES string of the molecule is COc1cccc(C(=O)N2CCN[C@H](C)C2)c1OCCCN. The van der Waals surface area contributed by atoms with Crippen molar-refractivity contribution in [2.24, 2.45) is 5.73 Å². The number of nitrogens with zero attached hydrogens (tertiary/aromatic N) is 1. The second kappa shape index (κ2) is 8.00. The summed E-state index contributed by atoms with van der Waals surface area (Å²) >= 11 is 0. The molecule has 0 unspecified atom stereocenters. The highest BCUT2D eigenvalue weighted by Gasteiger charge is 2.25.